The smallest absolute Gasteiger partial charge is 0.300 e. The molecule has 5 rings (SSSR count). The molecule has 0 bridgehead atoms. The normalized spacial score (nSPS) is 17.2. The molecule has 0 aliphatic carbocycles. The lowest BCUT2D eigenvalue weighted by molar-refractivity contribution is 0.255. The number of hydrogen-bond donors (Lipinski definition) is 1. The van der Waals surface area contributed by atoms with Crippen LogP contribution in [0.3, 0.4) is 0 Å². The van der Waals surface area contributed by atoms with Crippen LogP contribution in [0.2, 0.25) is 0 Å². The number of ether oxygens (including phenoxy) is 1. The Morgan fingerprint density at radius 1 is 1.09 bits per heavy atom. The number of aromatic nitrogens is 2. The molecule has 1 fully saturated rings. The van der Waals surface area contributed by atoms with Gasteiger partial charge in [-0.05, 0) is 76.5 Å². The summed E-state index contributed by atoms with van der Waals surface area (Å²) >= 11 is 0. The van der Waals surface area contributed by atoms with Crippen molar-refractivity contribution in [2.75, 3.05) is 43.5 Å². The third-order valence-electron chi connectivity index (χ3n) is 6.54. The Bertz CT molecular complexity index is 1110. The van der Waals surface area contributed by atoms with Gasteiger partial charge >= 0.3 is 6.01 Å². The predicted molar refractivity (Wildman–Crippen MR) is 127 cm³/mol. The van der Waals surface area contributed by atoms with Crippen LogP contribution in [-0.4, -0.2) is 54.2 Å². The van der Waals surface area contributed by atoms with Gasteiger partial charge in [-0.2, -0.15) is 0 Å². The van der Waals surface area contributed by atoms with Crippen molar-refractivity contribution in [2.45, 2.75) is 38.6 Å². The maximum atomic E-state index is 14.8. The number of pyridine rings is 1. The number of likely N-dealkylation sites (tertiary alicyclic amines) is 1. The van der Waals surface area contributed by atoms with Gasteiger partial charge in [0.15, 0.2) is 17.3 Å². The van der Waals surface area contributed by atoms with Crippen molar-refractivity contribution in [1.29, 1.82) is 0 Å². The maximum absolute atomic E-state index is 14.8. The Morgan fingerprint density at radius 3 is 2.64 bits per heavy atom. The molecule has 2 aromatic heterocycles. The highest BCUT2D eigenvalue weighted by molar-refractivity contribution is 5.71. The number of piperidine rings is 1. The first-order valence-electron chi connectivity index (χ1n) is 11.6. The van der Waals surface area contributed by atoms with E-state index in [1.807, 2.05) is 18.3 Å². The number of nitrogens with one attached hydrogen (secondary N) is 1. The molecule has 0 saturated carbocycles. The summed E-state index contributed by atoms with van der Waals surface area (Å²) in [7, 11) is 2.17. The Labute approximate surface area is 193 Å². The van der Waals surface area contributed by atoms with E-state index in [9.17, 15) is 4.39 Å². The monoisotopic (exact) mass is 451 g/mol. The van der Waals surface area contributed by atoms with Crippen LogP contribution in [0.1, 0.15) is 38.2 Å². The molecule has 0 radical (unpaired) electrons. The van der Waals surface area contributed by atoms with E-state index < -0.39 is 5.82 Å². The lowest BCUT2D eigenvalue weighted by atomic mass is 9.91. The van der Waals surface area contributed by atoms with Crippen LogP contribution < -0.4 is 15.0 Å². The number of benzene rings is 1. The van der Waals surface area contributed by atoms with Crippen LogP contribution in [-0.2, 0) is 0 Å². The molecule has 1 saturated heterocycles. The topological polar surface area (TPSA) is 66.7 Å². The van der Waals surface area contributed by atoms with Crippen LogP contribution in [0, 0.1) is 5.82 Å². The van der Waals surface area contributed by atoms with Crippen LogP contribution in [0.15, 0.2) is 41.1 Å². The highest BCUT2D eigenvalue weighted by Crippen LogP contribution is 2.39. The van der Waals surface area contributed by atoms with Crippen molar-refractivity contribution in [3.05, 3.63) is 48.0 Å². The summed E-state index contributed by atoms with van der Waals surface area (Å²) in [5, 5.41) is 3.11. The first-order chi connectivity index (χ1) is 16.0. The highest BCUT2D eigenvalue weighted by atomic mass is 19.1. The van der Waals surface area contributed by atoms with Gasteiger partial charge in [-0.1, -0.05) is 6.07 Å². The summed E-state index contributed by atoms with van der Waals surface area (Å²) in [6.45, 7) is 7.60. The summed E-state index contributed by atoms with van der Waals surface area (Å²) < 4.78 is 26.2. The molecule has 2 aliphatic rings. The van der Waals surface area contributed by atoms with Gasteiger partial charge in [0.25, 0.3) is 0 Å². The van der Waals surface area contributed by atoms with Gasteiger partial charge in [0.1, 0.15) is 12.4 Å². The van der Waals surface area contributed by atoms with Crippen molar-refractivity contribution in [1.82, 2.24) is 14.9 Å². The van der Waals surface area contributed by atoms with Gasteiger partial charge in [0, 0.05) is 17.8 Å². The fourth-order valence-electron chi connectivity index (χ4n) is 4.62. The van der Waals surface area contributed by atoms with Gasteiger partial charge < -0.3 is 19.0 Å². The summed E-state index contributed by atoms with van der Waals surface area (Å²) in [5.74, 6) is 1.60. The molecular formula is C25H30FN5O2. The SMILES string of the molecule is CC(C)N1CCOc2c(F)cc(-c3cnc(Nc4ccc(C5CCN(C)CC5)cn4)o3)cc21. The van der Waals surface area contributed by atoms with E-state index in [2.05, 4.69) is 52.0 Å². The number of fused-ring (bicyclic) bond motifs is 1. The number of anilines is 3. The molecule has 3 aromatic rings. The van der Waals surface area contributed by atoms with Crippen molar-refractivity contribution in [2.24, 2.45) is 0 Å². The summed E-state index contributed by atoms with van der Waals surface area (Å²) in [6.07, 6.45) is 5.84. The highest BCUT2D eigenvalue weighted by Gasteiger charge is 2.25. The second kappa shape index (κ2) is 9.02. The molecule has 174 valence electrons. The lowest BCUT2D eigenvalue weighted by Crippen LogP contribution is -2.38. The van der Waals surface area contributed by atoms with E-state index in [1.165, 1.54) is 11.6 Å². The van der Waals surface area contributed by atoms with Gasteiger partial charge in [0.2, 0.25) is 0 Å². The average Bonchev–Trinajstić information content (AvgIpc) is 3.28. The van der Waals surface area contributed by atoms with Crippen LogP contribution in [0.5, 0.6) is 5.75 Å². The minimum absolute atomic E-state index is 0.234. The van der Waals surface area contributed by atoms with E-state index in [1.54, 1.807) is 6.20 Å². The number of rotatable bonds is 5. The van der Waals surface area contributed by atoms with Crippen molar-refractivity contribution in [3.8, 4) is 17.1 Å². The quantitative estimate of drug-likeness (QED) is 0.583. The average molecular weight is 452 g/mol. The zero-order valence-electron chi connectivity index (χ0n) is 19.3. The Balaban J connectivity index is 1.32. The fourth-order valence-corrected chi connectivity index (χ4v) is 4.62. The Kier molecular flexibility index (Phi) is 5.93. The van der Waals surface area contributed by atoms with Gasteiger partial charge in [0.05, 0.1) is 18.4 Å². The second-order valence-electron chi connectivity index (χ2n) is 9.15. The lowest BCUT2D eigenvalue weighted by Gasteiger charge is -2.34. The van der Waals surface area contributed by atoms with Crippen LogP contribution in [0.25, 0.3) is 11.3 Å². The van der Waals surface area contributed by atoms with Crippen molar-refractivity contribution < 1.29 is 13.5 Å². The molecule has 1 N–H and O–H groups in total. The Morgan fingerprint density at radius 2 is 1.91 bits per heavy atom. The minimum atomic E-state index is -0.398. The first-order valence-corrected chi connectivity index (χ1v) is 11.6. The molecule has 0 amide bonds. The molecule has 0 unspecified atom stereocenters. The largest absolute Gasteiger partial charge is 0.486 e. The molecule has 1 aromatic carbocycles. The molecule has 2 aliphatic heterocycles. The van der Waals surface area contributed by atoms with Gasteiger partial charge in [-0.3, -0.25) is 5.32 Å². The molecular weight excluding hydrogens is 421 g/mol. The third kappa shape index (κ3) is 4.53. The third-order valence-corrected chi connectivity index (χ3v) is 6.54. The number of oxazole rings is 1. The number of nitrogens with zero attached hydrogens (tertiary/aromatic N) is 4. The van der Waals surface area contributed by atoms with Crippen LogP contribution >= 0.6 is 0 Å². The summed E-state index contributed by atoms with van der Waals surface area (Å²) in [5.41, 5.74) is 2.63. The first kappa shape index (κ1) is 21.7. The number of halogens is 1. The van der Waals surface area contributed by atoms with E-state index in [4.69, 9.17) is 9.15 Å². The molecule has 7 nitrogen and oxygen atoms in total. The van der Waals surface area contributed by atoms with Gasteiger partial charge in [-0.25, -0.2) is 14.4 Å². The second-order valence-corrected chi connectivity index (χ2v) is 9.15. The zero-order chi connectivity index (χ0) is 22.9. The molecule has 0 spiro atoms. The standard InChI is InChI=1S/C25H30FN5O2/c1-16(2)31-10-11-32-24-20(26)12-19(13-21(24)31)22-15-28-25(33-22)29-23-5-4-18(14-27-23)17-6-8-30(3)9-7-17/h4-5,12-17H,6-11H2,1-3H3,(H,27,28,29). The fraction of sp³-hybridized carbons (Fsp3) is 0.440. The van der Waals surface area contributed by atoms with Crippen molar-refractivity contribution >= 4 is 17.5 Å². The Hall–Kier alpha value is -3.13. The van der Waals surface area contributed by atoms with E-state index in [-0.39, 0.29) is 6.04 Å². The van der Waals surface area contributed by atoms with E-state index >= 15 is 0 Å². The zero-order valence-corrected chi connectivity index (χ0v) is 19.3. The number of hydrogen-bond acceptors (Lipinski definition) is 7. The maximum Gasteiger partial charge on any atom is 0.300 e. The van der Waals surface area contributed by atoms with E-state index in [0.717, 1.165) is 38.2 Å². The summed E-state index contributed by atoms with van der Waals surface area (Å²) in [4.78, 5) is 13.4. The predicted octanol–water partition coefficient (Wildman–Crippen LogP) is 5.04. The van der Waals surface area contributed by atoms with Crippen LogP contribution in [0.4, 0.5) is 21.9 Å². The van der Waals surface area contributed by atoms with Crippen molar-refractivity contribution in [3.63, 3.8) is 0 Å². The molecule has 4 heterocycles. The van der Waals surface area contributed by atoms with E-state index in [0.29, 0.717) is 41.4 Å². The summed E-state index contributed by atoms with van der Waals surface area (Å²) in [6, 6.07) is 7.96. The molecule has 0 atom stereocenters. The minimum Gasteiger partial charge on any atom is -0.486 e. The van der Waals surface area contributed by atoms with Gasteiger partial charge in [-0.15, -0.1) is 0 Å². The molecule has 8 heteroatoms. The molecule has 33 heavy (non-hydrogen) atoms.